The van der Waals surface area contributed by atoms with E-state index < -0.39 is 11.7 Å². The number of nitrogens with one attached hydrogen (secondary N) is 2. The van der Waals surface area contributed by atoms with Crippen molar-refractivity contribution in [2.75, 3.05) is 24.3 Å². The molecule has 2 N–H and O–H groups in total. The van der Waals surface area contributed by atoms with E-state index >= 15 is 0 Å². The predicted molar refractivity (Wildman–Crippen MR) is 99.7 cm³/mol. The van der Waals surface area contributed by atoms with Crippen molar-refractivity contribution in [2.24, 2.45) is 0 Å². The quantitative estimate of drug-likeness (QED) is 0.628. The summed E-state index contributed by atoms with van der Waals surface area (Å²) in [6.07, 6.45) is -2.49. The lowest BCUT2D eigenvalue weighted by atomic mass is 10.1. The average Bonchev–Trinajstić information content (AvgIpc) is 2.68. The van der Waals surface area contributed by atoms with Crippen molar-refractivity contribution in [3.63, 3.8) is 0 Å². The molecule has 2 aromatic carbocycles. The molecule has 0 amide bonds. The third kappa shape index (κ3) is 5.09. The Labute approximate surface area is 159 Å². The van der Waals surface area contributed by atoms with Crippen molar-refractivity contribution < 1.29 is 17.9 Å². The van der Waals surface area contributed by atoms with Gasteiger partial charge in [-0.1, -0.05) is 24.3 Å². The molecule has 0 unspecified atom stereocenters. The molecule has 0 spiro atoms. The van der Waals surface area contributed by atoms with E-state index in [1.807, 2.05) is 24.3 Å². The van der Waals surface area contributed by atoms with Crippen LogP contribution in [0.4, 0.5) is 30.6 Å². The topological polar surface area (TPSA) is 72.0 Å². The number of hydrogen-bond donors (Lipinski definition) is 2. The first-order valence-electron chi connectivity index (χ1n) is 8.45. The number of alkyl halides is 3. The van der Waals surface area contributed by atoms with Gasteiger partial charge in [-0.2, -0.15) is 23.3 Å². The minimum absolute atomic E-state index is 0.0975. The molecule has 1 heterocycles. The maximum atomic E-state index is 13.1. The molecule has 28 heavy (non-hydrogen) atoms. The Hall–Kier alpha value is -3.36. The number of methoxy groups -OCH3 is 1. The smallest absolute Gasteiger partial charge is 0.418 e. The largest absolute Gasteiger partial charge is 0.497 e. The average molecular weight is 389 g/mol. The maximum absolute atomic E-state index is 13.1. The van der Waals surface area contributed by atoms with Gasteiger partial charge in [-0.25, -0.2) is 0 Å². The van der Waals surface area contributed by atoms with Crippen molar-refractivity contribution in [1.29, 1.82) is 0 Å². The highest BCUT2D eigenvalue weighted by Gasteiger charge is 2.33. The minimum atomic E-state index is -4.47. The standard InChI is InChI=1S/C19H18F3N5O/c1-28-14-8-6-13(7-9-14)10-11-23-18-26-17(12-24-27-18)25-16-5-3-2-4-15(16)19(20,21)22/h2-9,12H,10-11H2,1H3,(H2,23,25,26,27). The Morgan fingerprint density at radius 3 is 2.50 bits per heavy atom. The highest BCUT2D eigenvalue weighted by Crippen LogP contribution is 2.35. The first-order chi connectivity index (χ1) is 13.5. The van der Waals surface area contributed by atoms with E-state index in [4.69, 9.17) is 4.74 Å². The van der Waals surface area contributed by atoms with Crippen molar-refractivity contribution >= 4 is 17.5 Å². The Kier molecular flexibility index (Phi) is 5.93. The Morgan fingerprint density at radius 1 is 1.04 bits per heavy atom. The Morgan fingerprint density at radius 2 is 1.79 bits per heavy atom. The van der Waals surface area contributed by atoms with Crippen LogP contribution in [0.3, 0.4) is 0 Å². The second-order valence-electron chi connectivity index (χ2n) is 5.86. The van der Waals surface area contributed by atoms with Gasteiger partial charge in [-0.05, 0) is 36.2 Å². The molecule has 9 heteroatoms. The summed E-state index contributed by atoms with van der Waals surface area (Å²) >= 11 is 0. The van der Waals surface area contributed by atoms with Gasteiger partial charge in [0.2, 0.25) is 5.95 Å². The van der Waals surface area contributed by atoms with E-state index in [0.717, 1.165) is 17.4 Å². The molecule has 0 aliphatic heterocycles. The fraction of sp³-hybridized carbons (Fsp3) is 0.211. The van der Waals surface area contributed by atoms with Gasteiger partial charge in [0, 0.05) is 6.54 Å². The van der Waals surface area contributed by atoms with Gasteiger partial charge < -0.3 is 15.4 Å². The molecule has 0 fully saturated rings. The SMILES string of the molecule is COc1ccc(CCNc2nncc(Nc3ccccc3C(F)(F)F)n2)cc1. The van der Waals surface area contributed by atoms with Crippen molar-refractivity contribution in [3.8, 4) is 5.75 Å². The van der Waals surface area contributed by atoms with E-state index in [9.17, 15) is 13.2 Å². The highest BCUT2D eigenvalue weighted by molar-refractivity contribution is 5.61. The van der Waals surface area contributed by atoms with Gasteiger partial charge in [0.05, 0.1) is 24.6 Å². The first-order valence-corrected chi connectivity index (χ1v) is 8.45. The van der Waals surface area contributed by atoms with Gasteiger partial charge in [-0.15, -0.1) is 5.10 Å². The van der Waals surface area contributed by atoms with Gasteiger partial charge in [0.1, 0.15) is 5.75 Å². The monoisotopic (exact) mass is 389 g/mol. The van der Waals surface area contributed by atoms with Crippen LogP contribution in [0.5, 0.6) is 5.75 Å². The zero-order valence-electron chi connectivity index (χ0n) is 15.0. The van der Waals surface area contributed by atoms with Gasteiger partial charge in [-0.3, -0.25) is 0 Å². The zero-order chi connectivity index (χ0) is 20.0. The lowest BCUT2D eigenvalue weighted by Crippen LogP contribution is -2.11. The molecule has 146 valence electrons. The van der Waals surface area contributed by atoms with Crippen LogP contribution in [0.25, 0.3) is 0 Å². The van der Waals surface area contributed by atoms with Crippen LogP contribution in [0.1, 0.15) is 11.1 Å². The van der Waals surface area contributed by atoms with Crippen LogP contribution in [0.2, 0.25) is 0 Å². The first kappa shape index (κ1) is 19.4. The fourth-order valence-electron chi connectivity index (χ4n) is 2.53. The summed E-state index contributed by atoms with van der Waals surface area (Å²) < 4.78 is 44.4. The Bertz CT molecular complexity index is 916. The second kappa shape index (κ2) is 8.55. The molecule has 0 saturated heterocycles. The third-order valence-electron chi connectivity index (χ3n) is 3.91. The van der Waals surface area contributed by atoms with Crippen LogP contribution < -0.4 is 15.4 Å². The normalized spacial score (nSPS) is 11.1. The third-order valence-corrected chi connectivity index (χ3v) is 3.91. The molecule has 0 aliphatic rings. The van der Waals surface area contributed by atoms with E-state index in [0.29, 0.717) is 13.0 Å². The van der Waals surface area contributed by atoms with Crippen LogP contribution in [0.15, 0.2) is 54.7 Å². The molecular weight excluding hydrogens is 371 g/mol. The minimum Gasteiger partial charge on any atom is -0.497 e. The number of para-hydroxylation sites is 1. The number of rotatable bonds is 7. The molecule has 0 radical (unpaired) electrons. The van der Waals surface area contributed by atoms with E-state index in [-0.39, 0.29) is 17.5 Å². The summed E-state index contributed by atoms with van der Waals surface area (Å²) in [6.45, 7) is 0.538. The second-order valence-corrected chi connectivity index (χ2v) is 5.86. The molecule has 0 bridgehead atoms. The Balaban J connectivity index is 1.63. The lowest BCUT2D eigenvalue weighted by molar-refractivity contribution is -0.136. The fourth-order valence-corrected chi connectivity index (χ4v) is 2.53. The summed E-state index contributed by atoms with van der Waals surface area (Å²) in [5.74, 6) is 1.17. The van der Waals surface area contributed by atoms with E-state index in [1.54, 1.807) is 7.11 Å². The highest BCUT2D eigenvalue weighted by atomic mass is 19.4. The molecular formula is C19H18F3N5O. The van der Waals surface area contributed by atoms with Crippen LogP contribution in [-0.4, -0.2) is 28.8 Å². The molecule has 1 aromatic heterocycles. The number of benzene rings is 2. The van der Waals surface area contributed by atoms with E-state index in [1.165, 1.54) is 24.4 Å². The molecule has 6 nitrogen and oxygen atoms in total. The summed E-state index contributed by atoms with van der Waals surface area (Å²) in [5, 5.41) is 13.3. The molecule has 3 aromatic rings. The maximum Gasteiger partial charge on any atom is 0.418 e. The summed E-state index contributed by atoms with van der Waals surface area (Å²) in [7, 11) is 1.61. The number of ether oxygens (including phenoxy) is 1. The van der Waals surface area contributed by atoms with Crippen LogP contribution in [-0.2, 0) is 12.6 Å². The molecule has 3 rings (SSSR count). The number of aromatic nitrogens is 3. The molecule has 0 aliphatic carbocycles. The lowest BCUT2D eigenvalue weighted by Gasteiger charge is -2.14. The molecule has 0 saturated carbocycles. The van der Waals surface area contributed by atoms with Crippen LogP contribution >= 0.6 is 0 Å². The van der Waals surface area contributed by atoms with Crippen molar-refractivity contribution in [3.05, 3.63) is 65.9 Å². The number of nitrogens with zero attached hydrogens (tertiary/aromatic N) is 3. The van der Waals surface area contributed by atoms with Crippen molar-refractivity contribution in [2.45, 2.75) is 12.6 Å². The summed E-state index contributed by atoms with van der Waals surface area (Å²) in [5.41, 5.74) is 0.219. The number of hydrogen-bond acceptors (Lipinski definition) is 6. The summed E-state index contributed by atoms with van der Waals surface area (Å²) in [6, 6.07) is 12.8. The van der Waals surface area contributed by atoms with Crippen LogP contribution in [0, 0.1) is 0 Å². The van der Waals surface area contributed by atoms with Gasteiger partial charge in [0.15, 0.2) is 5.82 Å². The zero-order valence-corrected chi connectivity index (χ0v) is 15.0. The van der Waals surface area contributed by atoms with Crippen molar-refractivity contribution in [1.82, 2.24) is 15.2 Å². The number of halogens is 3. The van der Waals surface area contributed by atoms with Gasteiger partial charge in [0.25, 0.3) is 0 Å². The predicted octanol–water partition coefficient (Wildman–Crippen LogP) is 4.30. The number of anilines is 3. The van der Waals surface area contributed by atoms with E-state index in [2.05, 4.69) is 25.8 Å². The summed E-state index contributed by atoms with van der Waals surface area (Å²) in [4.78, 5) is 4.17. The van der Waals surface area contributed by atoms with Gasteiger partial charge >= 0.3 is 6.18 Å². The molecule has 0 atom stereocenters.